The van der Waals surface area contributed by atoms with Gasteiger partial charge in [-0.2, -0.15) is 0 Å². The Kier molecular flexibility index (Phi) is 5.70. The molecule has 1 aliphatic heterocycles. The first-order valence-electron chi connectivity index (χ1n) is 9.53. The molecule has 2 aliphatic rings. The van der Waals surface area contributed by atoms with Crippen molar-refractivity contribution in [1.29, 1.82) is 0 Å². The standard InChI is InChI=1S/C21H28N2O3/c1-21(2,3)26-20(24)23-12-6-7-17(23)11-10-16-13-19(15-22-14-16)25-18-8-4-5-9-18/h13-15,17-18H,4-9,12H2,1-3H3/t17-/m0/s1. The van der Waals surface area contributed by atoms with E-state index in [-0.39, 0.29) is 12.1 Å². The fourth-order valence-electron chi connectivity index (χ4n) is 3.37. The Labute approximate surface area is 156 Å². The van der Waals surface area contributed by atoms with E-state index in [1.54, 1.807) is 17.3 Å². The van der Waals surface area contributed by atoms with Gasteiger partial charge >= 0.3 is 6.09 Å². The largest absolute Gasteiger partial charge is 0.489 e. The topological polar surface area (TPSA) is 51.7 Å². The van der Waals surface area contributed by atoms with E-state index in [0.717, 1.165) is 37.0 Å². The predicted octanol–water partition coefficient (Wildman–Crippen LogP) is 4.15. The molecule has 1 atom stereocenters. The van der Waals surface area contributed by atoms with E-state index in [2.05, 4.69) is 16.8 Å². The lowest BCUT2D eigenvalue weighted by Crippen LogP contribution is -2.39. The molecule has 5 nitrogen and oxygen atoms in total. The third-order valence-electron chi connectivity index (χ3n) is 4.58. The van der Waals surface area contributed by atoms with Crippen LogP contribution in [0.5, 0.6) is 5.75 Å². The summed E-state index contributed by atoms with van der Waals surface area (Å²) < 4.78 is 11.5. The van der Waals surface area contributed by atoms with Crippen molar-refractivity contribution >= 4 is 6.09 Å². The molecule has 2 fully saturated rings. The predicted molar refractivity (Wildman–Crippen MR) is 100.0 cm³/mol. The minimum Gasteiger partial charge on any atom is -0.489 e. The summed E-state index contributed by atoms with van der Waals surface area (Å²) in [5.41, 5.74) is 0.324. The average Bonchev–Trinajstić information content (AvgIpc) is 3.23. The lowest BCUT2D eigenvalue weighted by atomic mass is 10.2. The molecule has 3 rings (SSSR count). The molecule has 140 valence electrons. The Balaban J connectivity index is 1.65. The first kappa shape index (κ1) is 18.6. The highest BCUT2D eigenvalue weighted by atomic mass is 16.6. The fourth-order valence-corrected chi connectivity index (χ4v) is 3.37. The number of ether oxygens (including phenoxy) is 2. The second-order valence-corrected chi connectivity index (χ2v) is 8.03. The van der Waals surface area contributed by atoms with E-state index in [0.29, 0.717) is 12.6 Å². The van der Waals surface area contributed by atoms with Gasteiger partial charge in [-0.15, -0.1) is 0 Å². The van der Waals surface area contributed by atoms with Gasteiger partial charge in [-0.05, 0) is 65.4 Å². The molecule has 1 aromatic rings. The molecule has 1 saturated heterocycles. The highest BCUT2D eigenvalue weighted by Crippen LogP contribution is 2.24. The number of carbonyl (C=O) groups is 1. The third-order valence-corrected chi connectivity index (χ3v) is 4.58. The van der Waals surface area contributed by atoms with Crippen molar-refractivity contribution in [1.82, 2.24) is 9.88 Å². The molecule has 1 aliphatic carbocycles. The Morgan fingerprint density at radius 1 is 1.19 bits per heavy atom. The molecule has 26 heavy (non-hydrogen) atoms. The zero-order valence-corrected chi connectivity index (χ0v) is 16.0. The van der Waals surface area contributed by atoms with Gasteiger partial charge in [-0.25, -0.2) is 4.79 Å². The minimum atomic E-state index is -0.493. The number of pyridine rings is 1. The van der Waals surface area contributed by atoms with Crippen LogP contribution in [0.4, 0.5) is 4.79 Å². The quantitative estimate of drug-likeness (QED) is 0.747. The Bertz CT molecular complexity index is 693. The van der Waals surface area contributed by atoms with E-state index >= 15 is 0 Å². The van der Waals surface area contributed by atoms with E-state index in [4.69, 9.17) is 9.47 Å². The Morgan fingerprint density at radius 2 is 1.96 bits per heavy atom. The zero-order valence-electron chi connectivity index (χ0n) is 16.0. The summed E-state index contributed by atoms with van der Waals surface area (Å²) in [5.74, 6) is 7.15. The molecule has 1 saturated carbocycles. The van der Waals surface area contributed by atoms with Crippen LogP contribution in [-0.4, -0.2) is 40.3 Å². The van der Waals surface area contributed by atoms with Crippen LogP contribution in [0.15, 0.2) is 18.5 Å². The molecule has 2 heterocycles. The van der Waals surface area contributed by atoms with E-state index < -0.39 is 5.60 Å². The number of likely N-dealkylation sites (tertiary alicyclic amines) is 1. The molecular formula is C21H28N2O3. The molecule has 0 radical (unpaired) electrons. The molecule has 0 unspecified atom stereocenters. The summed E-state index contributed by atoms with van der Waals surface area (Å²) in [7, 11) is 0. The van der Waals surface area contributed by atoms with Crippen LogP contribution < -0.4 is 4.74 Å². The Morgan fingerprint density at radius 3 is 2.69 bits per heavy atom. The lowest BCUT2D eigenvalue weighted by Gasteiger charge is -2.26. The van der Waals surface area contributed by atoms with Crippen molar-refractivity contribution in [2.75, 3.05) is 6.54 Å². The summed E-state index contributed by atoms with van der Waals surface area (Å²) in [6, 6.07) is 1.83. The van der Waals surface area contributed by atoms with E-state index in [1.807, 2.05) is 26.8 Å². The van der Waals surface area contributed by atoms with Crippen LogP contribution in [-0.2, 0) is 4.74 Å². The van der Waals surface area contributed by atoms with Crippen molar-refractivity contribution in [3.63, 3.8) is 0 Å². The molecule has 5 heteroatoms. The summed E-state index contributed by atoms with van der Waals surface area (Å²) >= 11 is 0. The number of rotatable bonds is 2. The molecule has 0 aromatic carbocycles. The number of aromatic nitrogens is 1. The molecule has 1 amide bonds. The summed E-state index contributed by atoms with van der Waals surface area (Å²) in [5, 5.41) is 0. The van der Waals surface area contributed by atoms with Gasteiger partial charge in [0, 0.05) is 18.3 Å². The van der Waals surface area contributed by atoms with Crippen LogP contribution in [0.25, 0.3) is 0 Å². The molecular weight excluding hydrogens is 328 g/mol. The molecule has 0 N–H and O–H groups in total. The third kappa shape index (κ3) is 5.14. The molecule has 1 aromatic heterocycles. The van der Waals surface area contributed by atoms with Crippen LogP contribution in [0.1, 0.15) is 64.9 Å². The molecule has 0 bridgehead atoms. The first-order valence-corrected chi connectivity index (χ1v) is 9.53. The monoisotopic (exact) mass is 356 g/mol. The van der Waals surface area contributed by atoms with Crippen LogP contribution in [0.2, 0.25) is 0 Å². The maximum atomic E-state index is 12.3. The number of hydrogen-bond acceptors (Lipinski definition) is 4. The van der Waals surface area contributed by atoms with Crippen LogP contribution >= 0.6 is 0 Å². The maximum absolute atomic E-state index is 12.3. The Hall–Kier alpha value is -2.22. The van der Waals surface area contributed by atoms with Crippen LogP contribution in [0, 0.1) is 11.8 Å². The van der Waals surface area contributed by atoms with Gasteiger partial charge in [0.2, 0.25) is 0 Å². The summed E-state index contributed by atoms with van der Waals surface area (Å²) in [6.07, 6.45) is 10.0. The number of hydrogen-bond donors (Lipinski definition) is 0. The van der Waals surface area contributed by atoms with Gasteiger partial charge in [0.05, 0.1) is 18.3 Å². The fraction of sp³-hybridized carbons (Fsp3) is 0.619. The van der Waals surface area contributed by atoms with Gasteiger partial charge in [-0.3, -0.25) is 9.88 Å². The zero-order chi connectivity index (χ0) is 18.6. The van der Waals surface area contributed by atoms with Crippen LogP contribution in [0.3, 0.4) is 0 Å². The van der Waals surface area contributed by atoms with Crippen molar-refractivity contribution in [3.8, 4) is 17.6 Å². The van der Waals surface area contributed by atoms with E-state index in [9.17, 15) is 4.79 Å². The summed E-state index contributed by atoms with van der Waals surface area (Å²) in [4.78, 5) is 18.3. The second-order valence-electron chi connectivity index (χ2n) is 8.03. The van der Waals surface area contributed by atoms with Crippen molar-refractivity contribution in [2.45, 2.75) is 77.0 Å². The lowest BCUT2D eigenvalue weighted by molar-refractivity contribution is 0.0261. The van der Waals surface area contributed by atoms with Gasteiger partial charge in [0.15, 0.2) is 0 Å². The smallest absolute Gasteiger partial charge is 0.411 e. The second kappa shape index (κ2) is 7.99. The molecule has 0 spiro atoms. The first-order chi connectivity index (χ1) is 12.4. The SMILES string of the molecule is CC(C)(C)OC(=O)N1CCC[C@H]1C#Cc1cncc(OC2CCCC2)c1. The summed E-state index contributed by atoms with van der Waals surface area (Å²) in [6.45, 7) is 6.33. The normalized spacial score (nSPS) is 20.6. The number of amides is 1. The van der Waals surface area contributed by atoms with Gasteiger partial charge in [0.25, 0.3) is 0 Å². The number of carbonyl (C=O) groups excluding carboxylic acids is 1. The van der Waals surface area contributed by atoms with Gasteiger partial charge < -0.3 is 9.47 Å². The van der Waals surface area contributed by atoms with Crippen molar-refractivity contribution < 1.29 is 14.3 Å². The average molecular weight is 356 g/mol. The van der Waals surface area contributed by atoms with Crippen molar-refractivity contribution in [2.24, 2.45) is 0 Å². The highest BCUT2D eigenvalue weighted by molar-refractivity contribution is 5.69. The van der Waals surface area contributed by atoms with E-state index in [1.165, 1.54) is 12.8 Å². The van der Waals surface area contributed by atoms with Gasteiger partial charge in [0.1, 0.15) is 11.4 Å². The number of nitrogens with zero attached hydrogens (tertiary/aromatic N) is 2. The minimum absolute atomic E-state index is 0.107. The van der Waals surface area contributed by atoms with Crippen molar-refractivity contribution in [3.05, 3.63) is 24.0 Å². The van der Waals surface area contributed by atoms with Gasteiger partial charge in [-0.1, -0.05) is 11.8 Å². The maximum Gasteiger partial charge on any atom is 0.411 e. The highest BCUT2D eigenvalue weighted by Gasteiger charge is 2.31.